The van der Waals surface area contributed by atoms with Gasteiger partial charge in [0.25, 0.3) is 0 Å². The van der Waals surface area contributed by atoms with E-state index in [4.69, 9.17) is 62.7 Å². The number of alkyl halides is 3. The molecule has 2 heterocycles. The standard InChI is InChI=1S/C8H3Cl5O2S/c9-3-1-2(7(10)16-3)4(14)5-6(15-5)8(11,12)13/h1,5-6H/t5-,6+/m1/s1. The van der Waals surface area contributed by atoms with Crippen LogP contribution >= 0.6 is 69.3 Å². The van der Waals surface area contributed by atoms with Gasteiger partial charge in [-0.1, -0.05) is 58.0 Å². The smallest absolute Gasteiger partial charge is 0.219 e. The molecule has 1 saturated heterocycles. The second-order valence-corrected chi connectivity index (χ2v) is 7.78. The predicted octanol–water partition coefficient (Wildman–Crippen LogP) is 4.38. The maximum absolute atomic E-state index is 11.9. The molecule has 0 bridgehead atoms. The summed E-state index contributed by atoms with van der Waals surface area (Å²) < 4.78 is 4.16. The van der Waals surface area contributed by atoms with Gasteiger partial charge in [-0.25, -0.2) is 0 Å². The molecule has 1 aromatic rings. The lowest BCUT2D eigenvalue weighted by Crippen LogP contribution is -2.19. The van der Waals surface area contributed by atoms with Crippen molar-refractivity contribution in [3.05, 3.63) is 20.3 Å². The number of halogens is 5. The first-order valence-corrected chi connectivity index (χ1v) is 6.72. The van der Waals surface area contributed by atoms with E-state index in [-0.39, 0.29) is 5.78 Å². The van der Waals surface area contributed by atoms with Gasteiger partial charge in [0.15, 0.2) is 11.9 Å². The van der Waals surface area contributed by atoms with Gasteiger partial charge in [0, 0.05) is 0 Å². The number of Topliss-reactive ketones (excluding diaryl/α,β-unsaturated/α-hetero) is 1. The van der Waals surface area contributed by atoms with Crippen LogP contribution in [0, 0.1) is 0 Å². The van der Waals surface area contributed by atoms with Crippen LogP contribution in [-0.4, -0.2) is 21.8 Å². The van der Waals surface area contributed by atoms with Crippen molar-refractivity contribution >= 4 is 75.1 Å². The highest BCUT2D eigenvalue weighted by atomic mass is 35.6. The predicted molar refractivity (Wildman–Crippen MR) is 67.6 cm³/mol. The summed E-state index contributed by atoms with van der Waals surface area (Å²) in [5.74, 6) is -0.315. The van der Waals surface area contributed by atoms with E-state index in [1.54, 1.807) is 0 Å². The zero-order valence-corrected chi connectivity index (χ0v) is 11.9. The molecule has 0 aromatic carbocycles. The first kappa shape index (κ1) is 13.2. The number of epoxide rings is 1. The Morgan fingerprint density at radius 1 is 1.38 bits per heavy atom. The fraction of sp³-hybridized carbons (Fsp3) is 0.375. The average Bonchev–Trinajstić information content (AvgIpc) is 2.86. The number of ether oxygens (including phenoxy) is 1. The summed E-state index contributed by atoms with van der Waals surface area (Å²) in [6.45, 7) is 0. The average molecular weight is 340 g/mol. The molecule has 88 valence electrons. The monoisotopic (exact) mass is 338 g/mol. The molecule has 0 N–H and O–H groups in total. The third-order valence-corrected chi connectivity index (χ3v) is 4.13. The summed E-state index contributed by atoms with van der Waals surface area (Å²) in [5, 5.41) is 0. The lowest BCUT2D eigenvalue weighted by molar-refractivity contribution is 0.0954. The van der Waals surface area contributed by atoms with Gasteiger partial charge in [-0.2, -0.15) is 0 Å². The Bertz CT molecular complexity index is 438. The molecule has 0 radical (unpaired) electrons. The number of thiophene rings is 1. The second kappa shape index (κ2) is 4.47. The van der Waals surface area contributed by atoms with E-state index in [0.29, 0.717) is 14.2 Å². The summed E-state index contributed by atoms with van der Waals surface area (Å²) in [6, 6.07) is 1.48. The van der Waals surface area contributed by atoms with Crippen LogP contribution < -0.4 is 0 Å². The van der Waals surface area contributed by atoms with E-state index in [9.17, 15) is 4.79 Å². The Balaban J connectivity index is 2.14. The molecule has 8 heteroatoms. The van der Waals surface area contributed by atoms with Crippen molar-refractivity contribution < 1.29 is 9.53 Å². The number of ketones is 1. The number of carbonyl (C=O) groups excluding carboxylic acids is 1. The Kier molecular flexibility index (Phi) is 3.69. The SMILES string of the molecule is O=C(c1cc(Cl)sc1Cl)[C@H]1O[C@@H]1C(Cl)(Cl)Cl. The Labute approximate surface area is 120 Å². The van der Waals surface area contributed by atoms with Gasteiger partial charge < -0.3 is 4.74 Å². The van der Waals surface area contributed by atoms with Gasteiger partial charge in [0.1, 0.15) is 10.4 Å². The highest BCUT2D eigenvalue weighted by Gasteiger charge is 2.56. The number of rotatable bonds is 2. The molecule has 0 aliphatic carbocycles. The maximum atomic E-state index is 11.9. The Morgan fingerprint density at radius 3 is 2.38 bits per heavy atom. The van der Waals surface area contributed by atoms with E-state index in [0.717, 1.165) is 11.3 Å². The van der Waals surface area contributed by atoms with Crippen molar-refractivity contribution in [3.63, 3.8) is 0 Å². The fourth-order valence-corrected chi connectivity index (χ4v) is 3.19. The largest absolute Gasteiger partial charge is 0.356 e. The summed E-state index contributed by atoms with van der Waals surface area (Å²) in [4.78, 5) is 11.9. The van der Waals surface area contributed by atoms with E-state index in [1.165, 1.54) is 6.07 Å². The third kappa shape index (κ3) is 2.61. The zero-order chi connectivity index (χ0) is 12.1. The normalized spacial score (nSPS) is 24.6. The fourth-order valence-electron chi connectivity index (χ4n) is 1.22. The van der Waals surface area contributed by atoms with Crippen molar-refractivity contribution in [2.45, 2.75) is 16.0 Å². The molecule has 1 aliphatic heterocycles. The quantitative estimate of drug-likeness (QED) is 0.454. The Hall–Kier alpha value is 0.780. The second-order valence-electron chi connectivity index (χ2n) is 3.12. The zero-order valence-electron chi connectivity index (χ0n) is 7.35. The minimum absolute atomic E-state index is 0.304. The van der Waals surface area contributed by atoms with Crippen LogP contribution in [0.4, 0.5) is 0 Å². The molecule has 0 saturated carbocycles. The first-order valence-electron chi connectivity index (χ1n) is 4.02. The lowest BCUT2D eigenvalue weighted by atomic mass is 10.1. The molecule has 16 heavy (non-hydrogen) atoms. The van der Waals surface area contributed by atoms with Crippen molar-refractivity contribution in [3.8, 4) is 0 Å². The van der Waals surface area contributed by atoms with Crippen molar-refractivity contribution in [1.29, 1.82) is 0 Å². The number of hydrogen-bond donors (Lipinski definition) is 0. The van der Waals surface area contributed by atoms with E-state index in [2.05, 4.69) is 0 Å². The minimum Gasteiger partial charge on any atom is -0.356 e. The summed E-state index contributed by atoms with van der Waals surface area (Å²) >= 11 is 29.5. The lowest BCUT2D eigenvalue weighted by Gasteiger charge is -2.04. The molecule has 1 fully saturated rings. The third-order valence-electron chi connectivity index (χ3n) is 1.99. The van der Waals surface area contributed by atoms with E-state index < -0.39 is 16.0 Å². The van der Waals surface area contributed by atoms with Gasteiger partial charge in [-0.3, -0.25) is 4.79 Å². The van der Waals surface area contributed by atoms with Gasteiger partial charge in [-0.15, -0.1) is 11.3 Å². The summed E-state index contributed by atoms with van der Waals surface area (Å²) in [7, 11) is 0. The Morgan fingerprint density at radius 2 is 2.00 bits per heavy atom. The van der Waals surface area contributed by atoms with Gasteiger partial charge in [0.05, 0.1) is 9.90 Å². The highest BCUT2D eigenvalue weighted by molar-refractivity contribution is 7.20. The molecule has 1 aromatic heterocycles. The molecular weight excluding hydrogens is 337 g/mol. The minimum atomic E-state index is -1.60. The van der Waals surface area contributed by atoms with Crippen LogP contribution in [0.25, 0.3) is 0 Å². The summed E-state index contributed by atoms with van der Waals surface area (Å²) in [6.07, 6.45) is -1.48. The van der Waals surface area contributed by atoms with E-state index >= 15 is 0 Å². The topological polar surface area (TPSA) is 29.6 Å². The molecular formula is C8H3Cl5O2S. The number of hydrogen-bond acceptors (Lipinski definition) is 3. The van der Waals surface area contributed by atoms with Gasteiger partial charge in [-0.05, 0) is 6.07 Å². The molecule has 2 rings (SSSR count). The first-order chi connectivity index (χ1) is 7.30. The van der Waals surface area contributed by atoms with Crippen LogP contribution in [0.2, 0.25) is 8.67 Å². The van der Waals surface area contributed by atoms with Crippen LogP contribution in [0.15, 0.2) is 6.07 Å². The van der Waals surface area contributed by atoms with Gasteiger partial charge >= 0.3 is 0 Å². The molecule has 0 unspecified atom stereocenters. The van der Waals surface area contributed by atoms with Crippen molar-refractivity contribution in [2.24, 2.45) is 0 Å². The number of carbonyl (C=O) groups is 1. The highest BCUT2D eigenvalue weighted by Crippen LogP contribution is 2.45. The van der Waals surface area contributed by atoms with Crippen LogP contribution in [-0.2, 0) is 4.74 Å². The molecule has 1 aliphatic rings. The molecule has 0 spiro atoms. The van der Waals surface area contributed by atoms with Gasteiger partial charge in [0.2, 0.25) is 3.79 Å². The van der Waals surface area contributed by atoms with Crippen LogP contribution in [0.1, 0.15) is 10.4 Å². The maximum Gasteiger partial charge on any atom is 0.219 e. The van der Waals surface area contributed by atoms with Crippen LogP contribution in [0.5, 0.6) is 0 Å². The van der Waals surface area contributed by atoms with Crippen molar-refractivity contribution in [1.82, 2.24) is 0 Å². The molecule has 2 atom stereocenters. The molecule has 0 amide bonds. The van der Waals surface area contributed by atoms with E-state index in [1.807, 2.05) is 0 Å². The van der Waals surface area contributed by atoms with Crippen molar-refractivity contribution in [2.75, 3.05) is 0 Å². The molecule has 2 nitrogen and oxygen atoms in total. The summed E-state index contributed by atoms with van der Waals surface area (Å²) in [5.41, 5.74) is 0.304. The van der Waals surface area contributed by atoms with Crippen LogP contribution in [0.3, 0.4) is 0 Å².